The van der Waals surface area contributed by atoms with Gasteiger partial charge in [-0.05, 0) is 86.2 Å². The largest absolute Gasteiger partial charge is 0.494 e. The average molecular weight is 588 g/mol. The molecule has 218 valence electrons. The van der Waals surface area contributed by atoms with E-state index in [9.17, 15) is 26.4 Å². The first-order chi connectivity index (χ1) is 19.6. The lowest BCUT2D eigenvalue weighted by Gasteiger charge is -2.36. The predicted molar refractivity (Wildman–Crippen MR) is 150 cm³/mol. The lowest BCUT2D eigenvalue weighted by Crippen LogP contribution is -2.50. The summed E-state index contributed by atoms with van der Waals surface area (Å²) in [4.78, 5) is 15.8. The maximum Gasteiger partial charge on any atom is 0.416 e. The Kier molecular flexibility index (Phi) is 8.28. The Balaban J connectivity index is 1.51. The fraction of sp³-hybridized carbons (Fsp3) is 0.367. The van der Waals surface area contributed by atoms with E-state index in [1.165, 1.54) is 18.2 Å². The molecular formula is C30H32F3N3O4S. The van der Waals surface area contributed by atoms with E-state index >= 15 is 0 Å². The number of carbonyl (C=O) groups excluding carboxylic acids is 1. The van der Waals surface area contributed by atoms with Crippen molar-refractivity contribution >= 4 is 27.3 Å². The molecule has 41 heavy (non-hydrogen) atoms. The molecule has 1 saturated heterocycles. The number of hydrogen-bond donors (Lipinski definition) is 1. The Hall–Kier alpha value is -3.57. The Morgan fingerprint density at radius 3 is 2.32 bits per heavy atom. The van der Waals surface area contributed by atoms with Crippen molar-refractivity contribution in [1.82, 2.24) is 4.31 Å². The topological polar surface area (TPSA) is 79.0 Å². The van der Waals surface area contributed by atoms with Crippen LogP contribution in [0.1, 0.15) is 42.9 Å². The molecule has 1 amide bonds. The van der Waals surface area contributed by atoms with Crippen molar-refractivity contribution in [3.05, 3.63) is 83.4 Å². The second-order valence-corrected chi connectivity index (χ2v) is 12.1. The van der Waals surface area contributed by atoms with Gasteiger partial charge >= 0.3 is 6.18 Å². The van der Waals surface area contributed by atoms with Gasteiger partial charge in [0.1, 0.15) is 11.8 Å². The van der Waals surface area contributed by atoms with Gasteiger partial charge in [0.2, 0.25) is 15.9 Å². The summed E-state index contributed by atoms with van der Waals surface area (Å²) in [5, 5.41) is 2.69. The first kappa shape index (κ1) is 28.9. The van der Waals surface area contributed by atoms with Gasteiger partial charge in [-0.3, -0.25) is 4.79 Å². The first-order valence-corrected chi connectivity index (χ1v) is 15.1. The highest BCUT2D eigenvalue weighted by Gasteiger charge is 2.40. The molecule has 7 nitrogen and oxygen atoms in total. The summed E-state index contributed by atoms with van der Waals surface area (Å²) in [7, 11) is -4.16. The van der Waals surface area contributed by atoms with E-state index < -0.39 is 33.7 Å². The number of alkyl halides is 3. The van der Waals surface area contributed by atoms with Crippen LogP contribution < -0.4 is 15.0 Å². The maximum atomic E-state index is 13.9. The van der Waals surface area contributed by atoms with Crippen molar-refractivity contribution in [2.75, 3.05) is 29.9 Å². The second-order valence-electron chi connectivity index (χ2n) is 10.2. The number of sulfonamides is 1. The molecule has 0 aliphatic carbocycles. The van der Waals surface area contributed by atoms with Crippen LogP contribution in [-0.4, -0.2) is 44.4 Å². The molecule has 0 aromatic heterocycles. The number of amides is 1. The number of fused-ring (bicyclic) bond motifs is 1. The van der Waals surface area contributed by atoms with Gasteiger partial charge < -0.3 is 15.0 Å². The van der Waals surface area contributed by atoms with Crippen LogP contribution in [0, 0.1) is 0 Å². The molecule has 1 N–H and O–H groups in total. The van der Waals surface area contributed by atoms with E-state index in [1.807, 2.05) is 30.0 Å². The lowest BCUT2D eigenvalue weighted by atomic mass is 9.95. The van der Waals surface area contributed by atoms with Crippen LogP contribution in [0.2, 0.25) is 0 Å². The molecule has 2 heterocycles. The fourth-order valence-electron chi connectivity index (χ4n) is 5.42. The van der Waals surface area contributed by atoms with Gasteiger partial charge in [0.25, 0.3) is 0 Å². The monoisotopic (exact) mass is 587 g/mol. The molecule has 11 heteroatoms. The highest BCUT2D eigenvalue weighted by atomic mass is 32.2. The standard InChI is InChI=1S/C30H32F3N3O4S/c1-2-40-24-11-13-25(14-12-24)41(38,39)36-20-22-9-5-4-8-21(22)18-28(36)29(37)34-26-19-23(30(31,32)33)10-15-27(26)35-16-6-3-7-17-35/h4-5,8-15,19,28H,2-3,6-7,16-18,20H2,1H3,(H,34,37). The molecule has 1 fully saturated rings. The van der Waals surface area contributed by atoms with Crippen molar-refractivity contribution in [3.63, 3.8) is 0 Å². The van der Waals surface area contributed by atoms with Crippen LogP contribution in [0.5, 0.6) is 5.75 Å². The van der Waals surface area contributed by atoms with Gasteiger partial charge in [-0.1, -0.05) is 24.3 Å². The summed E-state index contributed by atoms with van der Waals surface area (Å²) in [6.45, 7) is 3.50. The van der Waals surface area contributed by atoms with E-state index in [0.29, 0.717) is 31.1 Å². The Bertz CT molecular complexity index is 1500. The van der Waals surface area contributed by atoms with Gasteiger partial charge in [0.05, 0.1) is 28.4 Å². The van der Waals surface area contributed by atoms with Crippen LogP contribution in [-0.2, 0) is 34.0 Å². The number of ether oxygens (including phenoxy) is 1. The van der Waals surface area contributed by atoms with E-state index in [0.717, 1.165) is 46.8 Å². The number of nitrogens with zero attached hydrogens (tertiary/aromatic N) is 2. The van der Waals surface area contributed by atoms with E-state index in [-0.39, 0.29) is 23.5 Å². The molecule has 0 saturated carbocycles. The number of hydrogen-bond acceptors (Lipinski definition) is 5. The third kappa shape index (κ3) is 6.20. The Labute approximate surface area is 238 Å². The van der Waals surface area contributed by atoms with Crippen molar-refractivity contribution < 1.29 is 31.1 Å². The van der Waals surface area contributed by atoms with Crippen LogP contribution in [0.4, 0.5) is 24.5 Å². The zero-order valence-corrected chi connectivity index (χ0v) is 23.5. The minimum absolute atomic E-state index is 0.00814. The quantitative estimate of drug-likeness (QED) is 0.375. The number of nitrogens with one attached hydrogen (secondary N) is 1. The second kappa shape index (κ2) is 11.7. The fourth-order valence-corrected chi connectivity index (χ4v) is 6.99. The normalized spacial score (nSPS) is 18.0. The molecule has 2 aliphatic heterocycles. The molecule has 0 spiro atoms. The van der Waals surface area contributed by atoms with Gasteiger partial charge in [-0.15, -0.1) is 0 Å². The number of carbonyl (C=O) groups is 1. The SMILES string of the molecule is CCOc1ccc(S(=O)(=O)N2Cc3ccccc3CC2C(=O)Nc2cc(C(F)(F)F)ccc2N2CCCCC2)cc1. The van der Waals surface area contributed by atoms with E-state index in [4.69, 9.17) is 4.74 Å². The highest BCUT2D eigenvalue weighted by molar-refractivity contribution is 7.89. The molecule has 3 aromatic rings. The minimum atomic E-state index is -4.60. The van der Waals surface area contributed by atoms with Crippen molar-refractivity contribution in [1.29, 1.82) is 0 Å². The summed E-state index contributed by atoms with van der Waals surface area (Å²) in [6, 6.07) is 15.4. The maximum absolute atomic E-state index is 13.9. The van der Waals surface area contributed by atoms with Crippen molar-refractivity contribution in [2.24, 2.45) is 0 Å². The third-order valence-corrected chi connectivity index (χ3v) is 9.40. The lowest BCUT2D eigenvalue weighted by molar-refractivity contribution is -0.137. The average Bonchev–Trinajstić information content (AvgIpc) is 2.97. The zero-order chi connectivity index (χ0) is 29.2. The van der Waals surface area contributed by atoms with Crippen molar-refractivity contribution in [3.8, 4) is 5.75 Å². The number of halogens is 3. The molecular weight excluding hydrogens is 555 g/mol. The number of anilines is 2. The molecule has 2 aliphatic rings. The smallest absolute Gasteiger partial charge is 0.416 e. The van der Waals surface area contributed by atoms with E-state index in [2.05, 4.69) is 5.32 Å². The molecule has 3 aromatic carbocycles. The van der Waals surface area contributed by atoms with Crippen LogP contribution in [0.15, 0.2) is 71.6 Å². The Morgan fingerprint density at radius 1 is 0.976 bits per heavy atom. The summed E-state index contributed by atoms with van der Waals surface area (Å²) in [6.07, 6.45) is -1.72. The third-order valence-electron chi connectivity index (χ3n) is 7.53. The van der Waals surface area contributed by atoms with Crippen LogP contribution in [0.25, 0.3) is 0 Å². The predicted octanol–water partition coefficient (Wildman–Crippen LogP) is 5.85. The van der Waals surface area contributed by atoms with Crippen LogP contribution >= 0.6 is 0 Å². The number of piperidine rings is 1. The molecule has 0 radical (unpaired) electrons. The molecule has 1 atom stereocenters. The van der Waals surface area contributed by atoms with Crippen molar-refractivity contribution in [2.45, 2.75) is 56.3 Å². The summed E-state index contributed by atoms with van der Waals surface area (Å²) in [5.74, 6) is -0.175. The van der Waals surface area contributed by atoms with Gasteiger partial charge in [-0.25, -0.2) is 8.42 Å². The van der Waals surface area contributed by atoms with Gasteiger partial charge in [0, 0.05) is 19.6 Å². The van der Waals surface area contributed by atoms with Gasteiger partial charge in [0.15, 0.2) is 0 Å². The van der Waals surface area contributed by atoms with Crippen LogP contribution in [0.3, 0.4) is 0 Å². The number of benzene rings is 3. The molecule has 1 unspecified atom stereocenters. The summed E-state index contributed by atoms with van der Waals surface area (Å²) < 4.78 is 75.3. The highest BCUT2D eigenvalue weighted by Crippen LogP contribution is 2.37. The molecule has 0 bridgehead atoms. The number of rotatable bonds is 7. The zero-order valence-electron chi connectivity index (χ0n) is 22.7. The first-order valence-electron chi connectivity index (χ1n) is 13.7. The summed E-state index contributed by atoms with van der Waals surface area (Å²) in [5.41, 5.74) is 1.19. The minimum Gasteiger partial charge on any atom is -0.494 e. The van der Waals surface area contributed by atoms with Gasteiger partial charge in [-0.2, -0.15) is 17.5 Å². The summed E-state index contributed by atoms with van der Waals surface area (Å²) >= 11 is 0. The van der Waals surface area contributed by atoms with E-state index in [1.54, 1.807) is 18.2 Å². The molecule has 5 rings (SSSR count). The Morgan fingerprint density at radius 2 is 1.66 bits per heavy atom.